The van der Waals surface area contributed by atoms with Crippen LogP contribution < -0.4 is 0 Å². The number of fused-ring (bicyclic) bond motifs is 1. The summed E-state index contributed by atoms with van der Waals surface area (Å²) in [5, 5.41) is 0. The number of hydrogen-bond donors (Lipinski definition) is 0. The predicted octanol–water partition coefficient (Wildman–Crippen LogP) is 3.13. The van der Waals surface area contributed by atoms with Crippen LogP contribution in [-0.4, -0.2) is 32.8 Å². The van der Waals surface area contributed by atoms with Crippen LogP contribution in [0, 0.1) is 5.41 Å². The van der Waals surface area contributed by atoms with E-state index in [-0.39, 0.29) is 17.2 Å². The third kappa shape index (κ3) is 2.54. The van der Waals surface area contributed by atoms with E-state index >= 15 is 0 Å². The highest BCUT2D eigenvalue weighted by atomic mass is 16.2. The Balaban J connectivity index is 1.61. The average molecular weight is 323 g/mol. The van der Waals surface area contributed by atoms with Gasteiger partial charge in [0.25, 0.3) is 11.8 Å². The summed E-state index contributed by atoms with van der Waals surface area (Å²) in [6, 6.07) is 7.13. The Kier molecular flexibility index (Phi) is 3.71. The molecule has 2 heterocycles. The Morgan fingerprint density at radius 1 is 0.958 bits per heavy atom. The average Bonchev–Trinajstić information content (AvgIpc) is 3.19. The number of rotatable bonds is 4. The van der Waals surface area contributed by atoms with Crippen molar-refractivity contribution >= 4 is 11.8 Å². The maximum absolute atomic E-state index is 12.7. The SMILES string of the molecule is O=C1c2ccccc2C(=O)N1CC1(Cn2ccnc2)CCCCC1. The lowest BCUT2D eigenvalue weighted by atomic mass is 9.73. The van der Waals surface area contributed by atoms with Crippen LogP contribution in [0.2, 0.25) is 0 Å². The molecule has 2 aromatic rings. The van der Waals surface area contributed by atoms with Crippen molar-refractivity contribution in [2.75, 3.05) is 6.54 Å². The van der Waals surface area contributed by atoms with Crippen LogP contribution in [0.3, 0.4) is 0 Å². The largest absolute Gasteiger partial charge is 0.337 e. The number of amides is 2. The smallest absolute Gasteiger partial charge is 0.261 e. The summed E-state index contributed by atoms with van der Waals surface area (Å²) in [5.74, 6) is -0.294. The quantitative estimate of drug-likeness (QED) is 0.812. The Morgan fingerprint density at radius 2 is 1.62 bits per heavy atom. The molecule has 4 rings (SSSR count). The molecule has 5 nitrogen and oxygen atoms in total. The molecule has 1 aromatic heterocycles. The zero-order chi connectivity index (χ0) is 16.6. The van der Waals surface area contributed by atoms with Gasteiger partial charge in [0.15, 0.2) is 0 Å². The minimum Gasteiger partial charge on any atom is -0.337 e. The third-order valence-corrected chi connectivity index (χ3v) is 5.36. The molecule has 124 valence electrons. The molecule has 2 aliphatic rings. The predicted molar refractivity (Wildman–Crippen MR) is 89.6 cm³/mol. The minimum atomic E-state index is -0.147. The van der Waals surface area contributed by atoms with Crippen molar-refractivity contribution in [3.05, 3.63) is 54.1 Å². The van der Waals surface area contributed by atoms with Crippen LogP contribution in [0.25, 0.3) is 0 Å². The first-order valence-electron chi connectivity index (χ1n) is 8.60. The normalized spacial score (nSPS) is 19.6. The second-order valence-electron chi connectivity index (χ2n) is 7.04. The zero-order valence-corrected chi connectivity index (χ0v) is 13.6. The van der Waals surface area contributed by atoms with Crippen molar-refractivity contribution in [3.63, 3.8) is 0 Å². The molecule has 1 aliphatic heterocycles. The first-order valence-corrected chi connectivity index (χ1v) is 8.60. The number of aromatic nitrogens is 2. The van der Waals surface area contributed by atoms with Crippen LogP contribution in [0.5, 0.6) is 0 Å². The van der Waals surface area contributed by atoms with Crippen molar-refractivity contribution in [2.45, 2.75) is 38.6 Å². The van der Waals surface area contributed by atoms with Gasteiger partial charge in [-0.25, -0.2) is 4.98 Å². The lowest BCUT2D eigenvalue weighted by Gasteiger charge is -2.39. The Bertz CT molecular complexity index is 726. The minimum absolute atomic E-state index is 0.0493. The Hall–Kier alpha value is -2.43. The maximum Gasteiger partial charge on any atom is 0.261 e. The van der Waals surface area contributed by atoms with Crippen molar-refractivity contribution in [3.8, 4) is 0 Å². The second kappa shape index (κ2) is 5.89. The molecular formula is C19H21N3O2. The van der Waals surface area contributed by atoms with Gasteiger partial charge < -0.3 is 4.57 Å². The van der Waals surface area contributed by atoms with E-state index in [1.54, 1.807) is 18.3 Å². The van der Waals surface area contributed by atoms with Crippen LogP contribution in [0.1, 0.15) is 52.8 Å². The fourth-order valence-corrected chi connectivity index (χ4v) is 4.15. The van der Waals surface area contributed by atoms with Crippen molar-refractivity contribution in [1.82, 2.24) is 14.5 Å². The number of hydrogen-bond acceptors (Lipinski definition) is 3. The van der Waals surface area contributed by atoms with Gasteiger partial charge in [-0.1, -0.05) is 31.4 Å². The van der Waals surface area contributed by atoms with Gasteiger partial charge in [-0.2, -0.15) is 0 Å². The lowest BCUT2D eigenvalue weighted by molar-refractivity contribution is 0.0478. The van der Waals surface area contributed by atoms with Gasteiger partial charge in [0.1, 0.15) is 0 Å². The van der Waals surface area contributed by atoms with Crippen molar-refractivity contribution < 1.29 is 9.59 Å². The van der Waals surface area contributed by atoms with Crippen molar-refractivity contribution in [1.29, 1.82) is 0 Å². The molecule has 0 spiro atoms. The third-order valence-electron chi connectivity index (χ3n) is 5.36. The van der Waals surface area contributed by atoms with Gasteiger partial charge in [0.05, 0.1) is 17.5 Å². The molecule has 0 unspecified atom stereocenters. The van der Waals surface area contributed by atoms with E-state index in [1.807, 2.05) is 24.7 Å². The lowest BCUT2D eigenvalue weighted by Crippen LogP contribution is -2.44. The molecule has 1 aliphatic carbocycles. The van der Waals surface area contributed by atoms with Crippen LogP contribution in [0.4, 0.5) is 0 Å². The molecule has 0 bridgehead atoms. The molecule has 0 N–H and O–H groups in total. The number of imidazole rings is 1. The van der Waals surface area contributed by atoms with E-state index in [9.17, 15) is 9.59 Å². The summed E-state index contributed by atoms with van der Waals surface area (Å²) in [6.07, 6.45) is 11.2. The van der Waals surface area contributed by atoms with Gasteiger partial charge in [-0.05, 0) is 25.0 Å². The molecule has 0 atom stereocenters. The first-order chi connectivity index (χ1) is 11.7. The maximum atomic E-state index is 12.7. The fourth-order valence-electron chi connectivity index (χ4n) is 4.15. The number of benzene rings is 1. The standard InChI is InChI=1S/C19H21N3O2/c23-17-15-6-2-3-7-16(15)18(24)22(17)13-19(8-4-1-5-9-19)12-21-11-10-20-14-21/h2-3,6-7,10-11,14H,1,4-5,8-9,12-13H2. The van der Waals surface area contributed by atoms with E-state index in [0.717, 1.165) is 32.2 Å². The number of nitrogens with zero attached hydrogens (tertiary/aromatic N) is 3. The van der Waals surface area contributed by atoms with E-state index in [1.165, 1.54) is 11.3 Å². The number of carbonyl (C=O) groups excluding carboxylic acids is 2. The number of carbonyl (C=O) groups is 2. The molecule has 1 saturated carbocycles. The monoisotopic (exact) mass is 323 g/mol. The highest BCUT2D eigenvalue weighted by Crippen LogP contribution is 2.40. The topological polar surface area (TPSA) is 55.2 Å². The summed E-state index contributed by atoms with van der Waals surface area (Å²) in [7, 11) is 0. The molecule has 1 fully saturated rings. The molecule has 1 aromatic carbocycles. The molecule has 2 amide bonds. The molecular weight excluding hydrogens is 302 g/mol. The zero-order valence-electron chi connectivity index (χ0n) is 13.6. The van der Waals surface area contributed by atoms with Crippen LogP contribution in [-0.2, 0) is 6.54 Å². The van der Waals surface area contributed by atoms with Crippen LogP contribution >= 0.6 is 0 Å². The Labute approximate surface area is 141 Å². The molecule has 0 radical (unpaired) electrons. The van der Waals surface area contributed by atoms with Gasteiger partial charge in [-0.3, -0.25) is 14.5 Å². The fraction of sp³-hybridized carbons (Fsp3) is 0.421. The van der Waals surface area contributed by atoms with Gasteiger partial charge in [-0.15, -0.1) is 0 Å². The van der Waals surface area contributed by atoms with E-state index in [4.69, 9.17) is 0 Å². The molecule has 5 heteroatoms. The summed E-state index contributed by atoms with van der Waals surface area (Å²) < 4.78 is 2.07. The highest BCUT2D eigenvalue weighted by Gasteiger charge is 2.42. The molecule has 24 heavy (non-hydrogen) atoms. The second-order valence-corrected chi connectivity index (χ2v) is 7.04. The van der Waals surface area contributed by atoms with Crippen LogP contribution in [0.15, 0.2) is 43.0 Å². The van der Waals surface area contributed by atoms with Gasteiger partial charge >= 0.3 is 0 Å². The number of imide groups is 1. The van der Waals surface area contributed by atoms with Gasteiger partial charge in [0.2, 0.25) is 0 Å². The molecule has 0 saturated heterocycles. The summed E-state index contributed by atoms with van der Waals surface area (Å²) in [4.78, 5) is 31.0. The van der Waals surface area contributed by atoms with E-state index < -0.39 is 0 Å². The highest BCUT2D eigenvalue weighted by molar-refractivity contribution is 6.21. The Morgan fingerprint density at radius 3 is 2.21 bits per heavy atom. The summed E-state index contributed by atoms with van der Waals surface area (Å²) in [5.41, 5.74) is 1.03. The first kappa shape index (κ1) is 15.1. The summed E-state index contributed by atoms with van der Waals surface area (Å²) >= 11 is 0. The van der Waals surface area contributed by atoms with Gasteiger partial charge in [0, 0.05) is 30.9 Å². The van der Waals surface area contributed by atoms with E-state index in [2.05, 4.69) is 9.55 Å². The van der Waals surface area contributed by atoms with Crippen molar-refractivity contribution in [2.24, 2.45) is 5.41 Å². The van der Waals surface area contributed by atoms with E-state index in [0.29, 0.717) is 17.7 Å². The summed E-state index contributed by atoms with van der Waals surface area (Å²) in [6.45, 7) is 1.30.